The van der Waals surface area contributed by atoms with Gasteiger partial charge in [-0.25, -0.2) is 0 Å². The van der Waals surface area contributed by atoms with Crippen LogP contribution < -0.4 is 10.2 Å². The highest BCUT2D eigenvalue weighted by Gasteiger charge is 2.13. The third-order valence-electron chi connectivity index (χ3n) is 3.68. The second kappa shape index (κ2) is 8.88. The van der Waals surface area contributed by atoms with Crippen LogP contribution in [0.3, 0.4) is 0 Å². The second-order valence-electron chi connectivity index (χ2n) is 5.81. The Morgan fingerprint density at radius 2 is 1.64 bits per heavy atom. The predicted octanol–water partition coefficient (Wildman–Crippen LogP) is 4.01. The molecule has 2 aromatic rings. The van der Waals surface area contributed by atoms with Crippen molar-refractivity contribution in [3.05, 3.63) is 63.6 Å². The molecule has 0 saturated heterocycles. The lowest BCUT2D eigenvalue weighted by Crippen LogP contribution is -2.38. The van der Waals surface area contributed by atoms with Gasteiger partial charge in [-0.1, -0.05) is 53.0 Å². The maximum Gasteiger partial charge on any atom is 0.224 e. The quantitative estimate of drug-likeness (QED) is 0.825. The van der Waals surface area contributed by atoms with Crippen LogP contribution in [0.1, 0.15) is 18.1 Å². The summed E-state index contributed by atoms with van der Waals surface area (Å²) in [4.78, 5) is 25.5. The summed E-state index contributed by atoms with van der Waals surface area (Å²) in [6.45, 7) is 4.14. The van der Waals surface area contributed by atoms with E-state index in [1.54, 1.807) is 18.2 Å². The van der Waals surface area contributed by atoms with E-state index in [-0.39, 0.29) is 11.8 Å². The largest absolute Gasteiger partial charge is 0.354 e. The first-order chi connectivity index (χ1) is 11.8. The molecule has 0 aromatic heterocycles. The molecule has 0 aliphatic rings. The molecule has 0 aliphatic heterocycles. The van der Waals surface area contributed by atoms with Crippen molar-refractivity contribution in [3.63, 3.8) is 0 Å². The van der Waals surface area contributed by atoms with E-state index in [1.807, 2.05) is 31.2 Å². The number of halogens is 2. The Bertz CT molecular complexity index is 740. The van der Waals surface area contributed by atoms with Crippen molar-refractivity contribution in [1.82, 2.24) is 5.32 Å². The third-order valence-corrected chi connectivity index (χ3v) is 4.12. The number of carbonyl (C=O) groups excluding carboxylic acids is 2. The third kappa shape index (κ3) is 6.07. The van der Waals surface area contributed by atoms with E-state index >= 15 is 0 Å². The number of hydrogen-bond donors (Lipinski definition) is 1. The molecule has 0 unspecified atom stereocenters. The monoisotopic (exact) mass is 378 g/mol. The Kier molecular flexibility index (Phi) is 6.85. The minimum absolute atomic E-state index is 0.0866. The minimum atomic E-state index is -0.147. The lowest BCUT2D eigenvalue weighted by atomic mass is 10.1. The van der Waals surface area contributed by atoms with E-state index in [0.717, 1.165) is 11.1 Å². The van der Waals surface area contributed by atoms with Crippen LogP contribution in [0.5, 0.6) is 0 Å². The van der Waals surface area contributed by atoms with Gasteiger partial charge in [0.2, 0.25) is 11.8 Å². The topological polar surface area (TPSA) is 49.4 Å². The Hall–Kier alpha value is -2.04. The fourth-order valence-electron chi connectivity index (χ4n) is 2.42. The van der Waals surface area contributed by atoms with Gasteiger partial charge in [0.25, 0.3) is 0 Å². The highest BCUT2D eigenvalue weighted by atomic mass is 35.5. The molecule has 25 heavy (non-hydrogen) atoms. The molecule has 2 aromatic carbocycles. The molecule has 1 N–H and O–H groups in total. The SMILES string of the molecule is CC(=O)N(CCNC(=O)Cc1ccc(C)cc1)c1cc(Cl)cc(Cl)c1. The molecule has 0 atom stereocenters. The molecule has 6 heteroatoms. The number of carbonyl (C=O) groups is 2. The fourth-order valence-corrected chi connectivity index (χ4v) is 2.94. The Morgan fingerprint density at radius 1 is 1.04 bits per heavy atom. The van der Waals surface area contributed by atoms with Gasteiger partial charge in [0.05, 0.1) is 6.42 Å². The highest BCUT2D eigenvalue weighted by molar-refractivity contribution is 6.35. The standard InChI is InChI=1S/C19H20Cl2N2O2/c1-13-3-5-15(6-4-13)9-19(25)22-7-8-23(14(2)24)18-11-16(20)10-17(21)12-18/h3-6,10-12H,7-9H2,1-2H3,(H,22,25). The van der Waals surface area contributed by atoms with E-state index in [4.69, 9.17) is 23.2 Å². The summed E-state index contributed by atoms with van der Waals surface area (Å²) in [6, 6.07) is 12.8. The van der Waals surface area contributed by atoms with Crippen LogP contribution in [0.25, 0.3) is 0 Å². The van der Waals surface area contributed by atoms with Crippen LogP contribution in [0.4, 0.5) is 5.69 Å². The molecule has 0 aliphatic carbocycles. The molecule has 0 radical (unpaired) electrons. The summed E-state index contributed by atoms with van der Waals surface area (Å²) >= 11 is 12.0. The van der Waals surface area contributed by atoms with Crippen molar-refractivity contribution < 1.29 is 9.59 Å². The van der Waals surface area contributed by atoms with Gasteiger partial charge in [-0.15, -0.1) is 0 Å². The van der Waals surface area contributed by atoms with Crippen molar-refractivity contribution in [3.8, 4) is 0 Å². The van der Waals surface area contributed by atoms with E-state index in [0.29, 0.717) is 35.2 Å². The maximum absolute atomic E-state index is 12.0. The lowest BCUT2D eigenvalue weighted by Gasteiger charge is -2.22. The van der Waals surface area contributed by atoms with E-state index in [9.17, 15) is 9.59 Å². The first kappa shape index (κ1) is 19.3. The first-order valence-electron chi connectivity index (χ1n) is 7.91. The average molecular weight is 379 g/mol. The number of amides is 2. The number of hydrogen-bond acceptors (Lipinski definition) is 2. The van der Waals surface area contributed by atoms with Crippen molar-refractivity contribution in [1.29, 1.82) is 0 Å². The molecule has 0 bridgehead atoms. The number of nitrogens with one attached hydrogen (secondary N) is 1. The average Bonchev–Trinajstić information content (AvgIpc) is 2.52. The molecule has 2 amide bonds. The summed E-state index contributed by atoms with van der Waals surface area (Å²) in [7, 11) is 0. The van der Waals surface area contributed by atoms with Gasteiger partial charge >= 0.3 is 0 Å². The zero-order chi connectivity index (χ0) is 18.4. The van der Waals surface area contributed by atoms with Crippen molar-refractivity contribution in [2.75, 3.05) is 18.0 Å². The highest BCUT2D eigenvalue weighted by Crippen LogP contribution is 2.25. The van der Waals surface area contributed by atoms with Gasteiger partial charge in [0, 0.05) is 35.7 Å². The normalized spacial score (nSPS) is 10.4. The minimum Gasteiger partial charge on any atom is -0.354 e. The second-order valence-corrected chi connectivity index (χ2v) is 6.68. The van der Waals surface area contributed by atoms with Gasteiger partial charge < -0.3 is 10.2 Å². The molecule has 0 spiro atoms. The zero-order valence-corrected chi connectivity index (χ0v) is 15.7. The molecule has 0 heterocycles. The number of rotatable bonds is 6. The summed E-state index contributed by atoms with van der Waals surface area (Å²) in [5, 5.41) is 3.74. The molecule has 0 saturated carbocycles. The van der Waals surface area contributed by atoms with E-state index in [2.05, 4.69) is 5.32 Å². The maximum atomic E-state index is 12.0. The summed E-state index contributed by atoms with van der Waals surface area (Å²) in [5.41, 5.74) is 2.72. The summed E-state index contributed by atoms with van der Waals surface area (Å²) < 4.78 is 0. The summed E-state index contributed by atoms with van der Waals surface area (Å²) in [6.07, 6.45) is 0.309. The molecule has 132 valence electrons. The smallest absolute Gasteiger partial charge is 0.224 e. The molecular formula is C19H20Cl2N2O2. The van der Waals surface area contributed by atoms with Crippen LogP contribution >= 0.6 is 23.2 Å². The van der Waals surface area contributed by atoms with E-state index < -0.39 is 0 Å². The Balaban J connectivity index is 1.92. The van der Waals surface area contributed by atoms with Gasteiger partial charge in [0.15, 0.2) is 0 Å². The van der Waals surface area contributed by atoms with Gasteiger partial charge in [-0.05, 0) is 30.7 Å². The van der Waals surface area contributed by atoms with E-state index in [1.165, 1.54) is 11.8 Å². The Labute approximate surface area is 157 Å². The van der Waals surface area contributed by atoms with Crippen molar-refractivity contribution >= 4 is 40.7 Å². The fraction of sp³-hybridized carbons (Fsp3) is 0.263. The molecular weight excluding hydrogens is 359 g/mol. The van der Waals surface area contributed by atoms with Crippen molar-refractivity contribution in [2.24, 2.45) is 0 Å². The van der Waals surface area contributed by atoms with Gasteiger partial charge in [-0.2, -0.15) is 0 Å². The number of aryl methyl sites for hydroxylation is 1. The zero-order valence-electron chi connectivity index (χ0n) is 14.2. The lowest BCUT2D eigenvalue weighted by molar-refractivity contribution is -0.121. The molecule has 2 rings (SSSR count). The Morgan fingerprint density at radius 3 is 2.20 bits per heavy atom. The van der Waals surface area contributed by atoms with Gasteiger partial charge in [0.1, 0.15) is 0 Å². The van der Waals surface area contributed by atoms with Gasteiger partial charge in [-0.3, -0.25) is 9.59 Å². The molecule has 0 fully saturated rings. The number of nitrogens with zero attached hydrogens (tertiary/aromatic N) is 1. The predicted molar refractivity (Wildman–Crippen MR) is 102 cm³/mol. The molecule has 4 nitrogen and oxygen atoms in total. The van der Waals surface area contributed by atoms with Crippen LogP contribution in [0.2, 0.25) is 10.0 Å². The van der Waals surface area contributed by atoms with Crippen LogP contribution in [0.15, 0.2) is 42.5 Å². The summed E-state index contributed by atoms with van der Waals surface area (Å²) in [5.74, 6) is -0.234. The van der Waals surface area contributed by atoms with Crippen molar-refractivity contribution in [2.45, 2.75) is 20.3 Å². The van der Waals surface area contributed by atoms with Crippen LogP contribution in [-0.2, 0) is 16.0 Å². The van der Waals surface area contributed by atoms with Crippen LogP contribution in [-0.4, -0.2) is 24.9 Å². The number of anilines is 1. The number of benzene rings is 2. The first-order valence-corrected chi connectivity index (χ1v) is 8.67. The van der Waals surface area contributed by atoms with Crippen LogP contribution in [0, 0.1) is 6.92 Å².